The Kier molecular flexibility index (Phi) is 7.50. The molecule has 1 aliphatic heterocycles. The number of sulfonamides is 1. The minimum Gasteiger partial charge on any atom is -0.508 e. The Balaban J connectivity index is 0.000000208. The van der Waals surface area contributed by atoms with Crippen molar-refractivity contribution in [2.75, 3.05) is 18.0 Å². The summed E-state index contributed by atoms with van der Waals surface area (Å²) in [4.78, 5) is 4.45. The highest BCUT2D eigenvalue weighted by molar-refractivity contribution is 7.89. The third-order valence-electron chi connectivity index (χ3n) is 4.75. The first-order valence-corrected chi connectivity index (χ1v) is 11.0. The van der Waals surface area contributed by atoms with Gasteiger partial charge in [0.05, 0.1) is 10.6 Å². The Morgan fingerprint density at radius 3 is 2.21 bits per heavy atom. The van der Waals surface area contributed by atoms with Crippen molar-refractivity contribution in [1.82, 2.24) is 4.83 Å². The predicted molar refractivity (Wildman–Crippen MR) is 116 cm³/mol. The van der Waals surface area contributed by atoms with Gasteiger partial charge in [0.25, 0.3) is 10.0 Å². The molecule has 0 bridgehead atoms. The van der Waals surface area contributed by atoms with Crippen molar-refractivity contribution in [1.29, 1.82) is 0 Å². The van der Waals surface area contributed by atoms with Crippen LogP contribution in [0.2, 0.25) is 0 Å². The molecule has 3 rings (SSSR count). The monoisotopic (exact) mass is 419 g/mol. The molecule has 0 aliphatic carbocycles. The van der Waals surface area contributed by atoms with Crippen molar-refractivity contribution in [3.8, 4) is 11.5 Å². The van der Waals surface area contributed by atoms with Gasteiger partial charge in [0.1, 0.15) is 11.5 Å². The molecule has 8 heteroatoms. The molecule has 0 spiro atoms. The number of phenols is 2. The number of rotatable bonds is 4. The van der Waals surface area contributed by atoms with Crippen molar-refractivity contribution in [2.24, 2.45) is 5.10 Å². The maximum absolute atomic E-state index is 11.5. The molecule has 0 unspecified atom stereocenters. The van der Waals surface area contributed by atoms with E-state index in [1.165, 1.54) is 6.21 Å². The third-order valence-corrected chi connectivity index (χ3v) is 5.98. The highest BCUT2D eigenvalue weighted by Gasteiger charge is 2.21. The van der Waals surface area contributed by atoms with Crippen LogP contribution >= 0.6 is 0 Å². The lowest BCUT2D eigenvalue weighted by Gasteiger charge is -2.23. The number of phenolic OH excluding ortho intramolecular Hbond substituents is 2. The average Bonchev–Trinajstić information content (AvgIpc) is 3.20. The number of hydrogen-bond acceptors (Lipinski definition) is 6. The maximum atomic E-state index is 11.5. The van der Waals surface area contributed by atoms with E-state index in [0.717, 1.165) is 48.3 Å². The molecule has 1 heterocycles. The van der Waals surface area contributed by atoms with Gasteiger partial charge in [0.2, 0.25) is 0 Å². The van der Waals surface area contributed by atoms with Crippen LogP contribution in [0, 0.1) is 20.8 Å². The summed E-state index contributed by atoms with van der Waals surface area (Å²) in [7, 11) is -3.49. The molecule has 0 saturated carbocycles. The van der Waals surface area contributed by atoms with Crippen LogP contribution in [0.4, 0.5) is 5.69 Å². The lowest BCUT2D eigenvalue weighted by atomic mass is 10.1. The third kappa shape index (κ3) is 5.63. The van der Waals surface area contributed by atoms with E-state index in [1.54, 1.807) is 37.3 Å². The largest absolute Gasteiger partial charge is 0.508 e. The van der Waals surface area contributed by atoms with Crippen molar-refractivity contribution in [3.05, 3.63) is 47.0 Å². The maximum Gasteiger partial charge on any atom is 0.276 e. The van der Waals surface area contributed by atoms with E-state index in [2.05, 4.69) is 14.8 Å². The van der Waals surface area contributed by atoms with Gasteiger partial charge in [-0.3, -0.25) is 0 Å². The standard InChI is InChI=1S/C12H17NO2.C9H12N2O2S/c1-8-7-10(14)9(2)11(12(8)15)13-5-3-4-6-13;1-3-10-11-14(12,13)9-6-4-8(2)5-7-9/h7,14-15H,3-6H2,1-2H3;3-7,11H,1-2H3/b;10-3+. The molecule has 3 N–H and O–H groups in total. The minimum atomic E-state index is -3.49. The summed E-state index contributed by atoms with van der Waals surface area (Å²) in [6.07, 6.45) is 3.70. The van der Waals surface area contributed by atoms with Gasteiger partial charge in [-0.25, -0.2) is 4.83 Å². The van der Waals surface area contributed by atoms with E-state index in [1.807, 2.05) is 20.8 Å². The van der Waals surface area contributed by atoms with Gasteiger partial charge in [0, 0.05) is 24.9 Å². The van der Waals surface area contributed by atoms with Gasteiger partial charge >= 0.3 is 0 Å². The van der Waals surface area contributed by atoms with Crippen molar-refractivity contribution in [2.45, 2.75) is 45.4 Å². The number of hydrazone groups is 1. The molecule has 158 valence electrons. The summed E-state index contributed by atoms with van der Waals surface area (Å²) < 4.78 is 23.0. The Morgan fingerprint density at radius 1 is 1.07 bits per heavy atom. The highest BCUT2D eigenvalue weighted by atomic mass is 32.2. The number of benzene rings is 2. The Labute approximate surface area is 172 Å². The Morgan fingerprint density at radius 2 is 1.66 bits per heavy atom. The number of hydrogen-bond donors (Lipinski definition) is 3. The Bertz CT molecular complexity index is 938. The zero-order valence-corrected chi connectivity index (χ0v) is 18.1. The highest BCUT2D eigenvalue weighted by Crippen LogP contribution is 2.40. The summed E-state index contributed by atoms with van der Waals surface area (Å²) in [5.41, 5.74) is 3.34. The van der Waals surface area contributed by atoms with Crippen molar-refractivity contribution in [3.63, 3.8) is 0 Å². The first-order chi connectivity index (χ1) is 13.7. The zero-order valence-electron chi connectivity index (χ0n) is 17.3. The van der Waals surface area contributed by atoms with Gasteiger partial charge < -0.3 is 15.1 Å². The predicted octanol–water partition coefficient (Wildman–Crippen LogP) is 3.59. The number of nitrogens with one attached hydrogen (secondary N) is 1. The van der Waals surface area contributed by atoms with E-state index < -0.39 is 10.0 Å². The summed E-state index contributed by atoms with van der Waals surface area (Å²) in [6, 6.07) is 8.18. The molecular weight excluding hydrogens is 390 g/mol. The van der Waals surface area contributed by atoms with Crippen LogP contribution in [-0.4, -0.2) is 37.9 Å². The fraction of sp³-hybridized carbons (Fsp3) is 0.381. The summed E-state index contributed by atoms with van der Waals surface area (Å²) in [6.45, 7) is 9.14. The molecule has 0 radical (unpaired) electrons. The molecule has 0 atom stereocenters. The van der Waals surface area contributed by atoms with Crippen molar-refractivity contribution >= 4 is 21.9 Å². The van der Waals surface area contributed by atoms with E-state index in [-0.39, 0.29) is 10.6 Å². The lowest BCUT2D eigenvalue weighted by Crippen LogP contribution is -2.19. The van der Waals surface area contributed by atoms with E-state index in [9.17, 15) is 18.6 Å². The Hall–Kier alpha value is -2.74. The zero-order chi connectivity index (χ0) is 21.6. The van der Waals surface area contributed by atoms with Crippen LogP contribution in [0.15, 0.2) is 40.3 Å². The molecule has 0 amide bonds. The molecule has 1 aliphatic rings. The van der Waals surface area contributed by atoms with Crippen LogP contribution in [0.1, 0.15) is 36.5 Å². The SMILES string of the molecule is C/C=N/NS(=O)(=O)c1ccc(C)cc1.Cc1cc(O)c(C)c(N2CCCC2)c1O. The van der Waals surface area contributed by atoms with Crippen molar-refractivity contribution < 1.29 is 18.6 Å². The molecule has 0 aromatic heterocycles. The molecule has 2 aromatic rings. The van der Waals surface area contributed by atoms with Crippen LogP contribution in [-0.2, 0) is 10.0 Å². The van der Waals surface area contributed by atoms with Gasteiger partial charge in [-0.05, 0) is 64.3 Å². The molecular formula is C21H29N3O4S. The second kappa shape index (κ2) is 9.65. The molecule has 1 fully saturated rings. The normalized spacial score (nSPS) is 14.0. The number of anilines is 1. The molecule has 1 saturated heterocycles. The van der Waals surface area contributed by atoms with Gasteiger partial charge in [-0.15, -0.1) is 0 Å². The van der Waals surface area contributed by atoms with Crippen LogP contribution in [0.25, 0.3) is 0 Å². The average molecular weight is 420 g/mol. The first kappa shape index (κ1) is 22.5. The molecule has 7 nitrogen and oxygen atoms in total. The molecule has 2 aromatic carbocycles. The number of nitrogens with zero attached hydrogens (tertiary/aromatic N) is 2. The van der Waals surface area contributed by atoms with Gasteiger partial charge in [-0.1, -0.05) is 17.7 Å². The topological polar surface area (TPSA) is 102 Å². The summed E-state index contributed by atoms with van der Waals surface area (Å²) >= 11 is 0. The van der Waals surface area contributed by atoms with Gasteiger partial charge in [0.15, 0.2) is 0 Å². The quantitative estimate of drug-likeness (QED) is 0.399. The minimum absolute atomic E-state index is 0.216. The fourth-order valence-electron chi connectivity index (χ4n) is 3.09. The molecule has 29 heavy (non-hydrogen) atoms. The first-order valence-electron chi connectivity index (χ1n) is 9.50. The number of aryl methyl sites for hydroxylation is 2. The summed E-state index contributed by atoms with van der Waals surface area (Å²) in [5.74, 6) is 0.583. The smallest absolute Gasteiger partial charge is 0.276 e. The van der Waals surface area contributed by atoms with E-state index in [4.69, 9.17) is 0 Å². The van der Waals surface area contributed by atoms with Crippen LogP contribution in [0.5, 0.6) is 11.5 Å². The fourth-order valence-corrected chi connectivity index (χ4v) is 3.93. The lowest BCUT2D eigenvalue weighted by molar-refractivity contribution is 0.453. The summed E-state index contributed by atoms with van der Waals surface area (Å²) in [5, 5.41) is 23.2. The van der Waals surface area contributed by atoms with E-state index >= 15 is 0 Å². The number of aromatic hydroxyl groups is 2. The van der Waals surface area contributed by atoms with Gasteiger partial charge in [-0.2, -0.15) is 13.5 Å². The second-order valence-electron chi connectivity index (χ2n) is 7.02. The van der Waals surface area contributed by atoms with E-state index in [0.29, 0.717) is 5.75 Å². The van der Waals surface area contributed by atoms with Crippen LogP contribution in [0.3, 0.4) is 0 Å². The van der Waals surface area contributed by atoms with Crippen LogP contribution < -0.4 is 9.73 Å². The second-order valence-corrected chi connectivity index (χ2v) is 8.68.